The first-order valence-corrected chi connectivity index (χ1v) is 7.35. The first kappa shape index (κ1) is 12.8. The van der Waals surface area contributed by atoms with Crippen molar-refractivity contribution in [1.82, 2.24) is 10.2 Å². The lowest BCUT2D eigenvalue weighted by Crippen LogP contribution is -2.12. The highest BCUT2D eigenvalue weighted by atomic mass is 35.5. The van der Waals surface area contributed by atoms with Gasteiger partial charge in [-0.2, -0.15) is 5.10 Å². The fourth-order valence-corrected chi connectivity index (χ4v) is 3.71. The minimum absolute atomic E-state index is 0.0440. The molecular weight excluding hydrogens is 305 g/mol. The number of carbonyl (C=O) groups excluding carboxylic acids is 1. The Labute approximate surface area is 123 Å². The second-order valence-corrected chi connectivity index (χ2v) is 6.04. The second kappa shape index (κ2) is 5.07. The highest BCUT2D eigenvalue weighted by molar-refractivity contribution is 8.00. The monoisotopic (exact) mass is 313 g/mol. The zero-order valence-electron chi connectivity index (χ0n) is 9.61. The van der Waals surface area contributed by atoms with Crippen LogP contribution in [0.15, 0.2) is 24.4 Å². The number of aromatic amines is 1. The molecule has 1 atom stereocenters. The first-order valence-electron chi connectivity index (χ1n) is 5.55. The molecule has 7 heteroatoms. The molecule has 0 saturated heterocycles. The number of anilines is 1. The summed E-state index contributed by atoms with van der Waals surface area (Å²) in [6.07, 6.45) is 1.71. The van der Waals surface area contributed by atoms with Gasteiger partial charge in [-0.3, -0.25) is 9.89 Å². The minimum Gasteiger partial charge on any atom is -0.310 e. The molecule has 0 unspecified atom stereocenters. The zero-order chi connectivity index (χ0) is 13.4. The lowest BCUT2D eigenvalue weighted by Gasteiger charge is -2.15. The lowest BCUT2D eigenvalue weighted by atomic mass is 10.1. The Balaban J connectivity index is 2.08. The summed E-state index contributed by atoms with van der Waals surface area (Å²) in [5.74, 6) is 0.945. The van der Waals surface area contributed by atoms with Gasteiger partial charge < -0.3 is 5.32 Å². The summed E-state index contributed by atoms with van der Waals surface area (Å²) in [7, 11) is 0. The van der Waals surface area contributed by atoms with Gasteiger partial charge in [-0.05, 0) is 17.7 Å². The molecule has 1 aliphatic rings. The van der Waals surface area contributed by atoms with E-state index in [4.69, 9.17) is 23.2 Å². The Morgan fingerprint density at radius 2 is 2.16 bits per heavy atom. The number of benzene rings is 1. The number of thioether (sulfide) groups is 1. The van der Waals surface area contributed by atoms with E-state index in [1.165, 1.54) is 11.8 Å². The molecular formula is C12H9Cl2N3OS. The largest absolute Gasteiger partial charge is 0.310 e. The van der Waals surface area contributed by atoms with E-state index in [1.807, 2.05) is 6.07 Å². The molecule has 2 aromatic rings. The summed E-state index contributed by atoms with van der Waals surface area (Å²) in [4.78, 5) is 11.6. The summed E-state index contributed by atoms with van der Waals surface area (Å²) >= 11 is 13.7. The van der Waals surface area contributed by atoms with Gasteiger partial charge in [0.1, 0.15) is 5.82 Å². The fourth-order valence-electron chi connectivity index (χ4n) is 1.99. The van der Waals surface area contributed by atoms with E-state index in [-0.39, 0.29) is 11.2 Å². The maximum absolute atomic E-state index is 11.6. The van der Waals surface area contributed by atoms with Gasteiger partial charge in [0, 0.05) is 15.6 Å². The molecule has 1 amide bonds. The number of fused-ring (bicyclic) bond motifs is 1. The average molecular weight is 314 g/mol. The van der Waals surface area contributed by atoms with Crippen LogP contribution in [0.3, 0.4) is 0 Å². The van der Waals surface area contributed by atoms with Crippen molar-refractivity contribution >= 4 is 46.7 Å². The Morgan fingerprint density at radius 1 is 1.32 bits per heavy atom. The van der Waals surface area contributed by atoms with Crippen LogP contribution in [0.1, 0.15) is 16.4 Å². The van der Waals surface area contributed by atoms with Crippen LogP contribution >= 0.6 is 35.0 Å². The van der Waals surface area contributed by atoms with Crippen molar-refractivity contribution in [1.29, 1.82) is 0 Å². The maximum Gasteiger partial charge on any atom is 0.235 e. The fraction of sp³-hybridized carbons (Fsp3) is 0.167. The predicted octanol–water partition coefficient (Wildman–Crippen LogP) is 3.49. The Bertz CT molecular complexity index is 644. The number of carbonyl (C=O) groups is 1. The number of rotatable bonds is 1. The number of amides is 1. The Hall–Kier alpha value is -1.17. The summed E-state index contributed by atoms with van der Waals surface area (Å²) in [6, 6.07) is 5.39. The van der Waals surface area contributed by atoms with Crippen molar-refractivity contribution in [2.75, 3.05) is 11.1 Å². The zero-order valence-corrected chi connectivity index (χ0v) is 11.9. The van der Waals surface area contributed by atoms with Gasteiger partial charge in [-0.15, -0.1) is 11.8 Å². The highest BCUT2D eigenvalue weighted by Gasteiger charge is 2.27. The van der Waals surface area contributed by atoms with Gasteiger partial charge in [0.05, 0.1) is 17.2 Å². The van der Waals surface area contributed by atoms with E-state index in [2.05, 4.69) is 15.5 Å². The molecule has 1 aromatic heterocycles. The van der Waals surface area contributed by atoms with Gasteiger partial charge in [-0.25, -0.2) is 0 Å². The molecule has 0 radical (unpaired) electrons. The maximum atomic E-state index is 11.6. The van der Waals surface area contributed by atoms with Crippen LogP contribution in [-0.4, -0.2) is 21.9 Å². The van der Waals surface area contributed by atoms with Crippen LogP contribution in [0, 0.1) is 0 Å². The summed E-state index contributed by atoms with van der Waals surface area (Å²) in [5, 5.41) is 10.7. The normalized spacial score (nSPS) is 18.6. The number of nitrogens with zero attached hydrogens (tertiary/aromatic N) is 1. The number of hydrogen-bond acceptors (Lipinski definition) is 3. The van der Waals surface area contributed by atoms with Crippen LogP contribution in [0.4, 0.5) is 5.82 Å². The number of halogens is 2. The summed E-state index contributed by atoms with van der Waals surface area (Å²) < 4.78 is 0. The molecule has 2 heterocycles. The average Bonchev–Trinajstić information content (AvgIpc) is 2.74. The summed E-state index contributed by atoms with van der Waals surface area (Å²) in [5.41, 5.74) is 1.84. The van der Waals surface area contributed by atoms with Crippen molar-refractivity contribution < 1.29 is 4.79 Å². The van der Waals surface area contributed by atoms with Gasteiger partial charge in [0.25, 0.3) is 0 Å². The summed E-state index contributed by atoms with van der Waals surface area (Å²) in [6.45, 7) is 0. The molecule has 3 rings (SSSR count). The lowest BCUT2D eigenvalue weighted by molar-refractivity contribution is -0.113. The van der Waals surface area contributed by atoms with E-state index >= 15 is 0 Å². The third-order valence-electron chi connectivity index (χ3n) is 2.84. The van der Waals surface area contributed by atoms with E-state index in [0.29, 0.717) is 21.6 Å². The topological polar surface area (TPSA) is 57.8 Å². The van der Waals surface area contributed by atoms with Gasteiger partial charge >= 0.3 is 0 Å². The van der Waals surface area contributed by atoms with Gasteiger partial charge in [0.2, 0.25) is 5.91 Å². The number of H-pyrrole nitrogens is 1. The number of nitrogens with one attached hydrogen (secondary N) is 2. The molecule has 0 aliphatic carbocycles. The van der Waals surface area contributed by atoms with Crippen molar-refractivity contribution in [3.05, 3.63) is 45.6 Å². The third-order valence-corrected chi connectivity index (χ3v) is 4.67. The van der Waals surface area contributed by atoms with Crippen LogP contribution in [0.25, 0.3) is 0 Å². The van der Waals surface area contributed by atoms with Crippen LogP contribution in [-0.2, 0) is 4.79 Å². The van der Waals surface area contributed by atoms with E-state index in [1.54, 1.807) is 18.3 Å². The van der Waals surface area contributed by atoms with Crippen molar-refractivity contribution in [3.63, 3.8) is 0 Å². The Kier molecular flexibility index (Phi) is 3.43. The smallest absolute Gasteiger partial charge is 0.235 e. The molecule has 19 heavy (non-hydrogen) atoms. The third kappa shape index (κ3) is 2.45. The second-order valence-electron chi connectivity index (χ2n) is 4.11. The van der Waals surface area contributed by atoms with E-state index in [9.17, 15) is 4.79 Å². The Morgan fingerprint density at radius 3 is 2.95 bits per heavy atom. The number of hydrogen-bond donors (Lipinski definition) is 2. The van der Waals surface area contributed by atoms with Gasteiger partial charge in [0.15, 0.2) is 0 Å². The minimum atomic E-state index is -0.0527. The first-order chi connectivity index (χ1) is 9.15. The van der Waals surface area contributed by atoms with E-state index < -0.39 is 0 Å². The quantitative estimate of drug-likeness (QED) is 0.847. The van der Waals surface area contributed by atoms with Crippen molar-refractivity contribution in [2.24, 2.45) is 0 Å². The SMILES string of the molecule is O=C1CS[C@H](c2ccc(Cl)cc2Cl)c2cn[nH]c2N1. The van der Waals surface area contributed by atoms with Crippen molar-refractivity contribution in [2.45, 2.75) is 5.25 Å². The molecule has 0 bridgehead atoms. The van der Waals surface area contributed by atoms with Crippen LogP contribution < -0.4 is 5.32 Å². The predicted molar refractivity (Wildman–Crippen MR) is 78.0 cm³/mol. The molecule has 0 saturated carbocycles. The molecule has 2 N–H and O–H groups in total. The number of aromatic nitrogens is 2. The van der Waals surface area contributed by atoms with Crippen LogP contribution in [0.2, 0.25) is 10.0 Å². The van der Waals surface area contributed by atoms with E-state index in [0.717, 1.165) is 11.1 Å². The standard InChI is InChI=1S/C12H9Cl2N3OS/c13-6-1-2-7(9(14)3-6)11-8-4-15-17-12(8)16-10(18)5-19-11/h1-4,11H,5H2,(H2,15,16,17,18)/t11-/m1/s1. The van der Waals surface area contributed by atoms with Gasteiger partial charge in [-0.1, -0.05) is 29.3 Å². The van der Waals surface area contributed by atoms with Crippen LogP contribution in [0.5, 0.6) is 0 Å². The molecule has 0 fully saturated rings. The molecule has 98 valence electrons. The van der Waals surface area contributed by atoms with Crippen molar-refractivity contribution in [3.8, 4) is 0 Å². The molecule has 1 aromatic carbocycles. The molecule has 1 aliphatic heterocycles. The molecule has 4 nitrogen and oxygen atoms in total. The molecule has 0 spiro atoms. The highest BCUT2D eigenvalue weighted by Crippen LogP contribution is 2.43.